The molecule has 0 bridgehead atoms. The van der Waals surface area contributed by atoms with E-state index in [4.69, 9.17) is 0 Å². The van der Waals surface area contributed by atoms with Crippen molar-refractivity contribution in [2.24, 2.45) is 0 Å². The number of phenolic OH excluding ortho intramolecular Hbond substituents is 1. The lowest BCUT2D eigenvalue weighted by Gasteiger charge is -2.23. The number of hydrogen-bond donors (Lipinski definition) is 2. The fraction of sp³-hybridized carbons (Fsp3) is 0.462. The summed E-state index contributed by atoms with van der Waals surface area (Å²) in [6, 6.07) is 4.28. The maximum Gasteiger partial charge on any atom is 0.237 e. The predicted molar refractivity (Wildman–Crippen MR) is 65.6 cm³/mol. The molecule has 1 aliphatic heterocycles. The van der Waals surface area contributed by atoms with Crippen LogP contribution in [0.25, 0.3) is 0 Å². The molecule has 0 aliphatic carbocycles. The molecule has 5 heteroatoms. The van der Waals surface area contributed by atoms with Gasteiger partial charge in [0.25, 0.3) is 0 Å². The van der Waals surface area contributed by atoms with E-state index in [1.807, 2.05) is 4.90 Å². The van der Waals surface area contributed by atoms with Crippen LogP contribution in [-0.4, -0.2) is 35.5 Å². The van der Waals surface area contributed by atoms with Gasteiger partial charge in [-0.2, -0.15) is 0 Å². The van der Waals surface area contributed by atoms with Crippen LogP contribution in [0.1, 0.15) is 18.4 Å². The van der Waals surface area contributed by atoms with E-state index in [2.05, 4.69) is 5.32 Å². The molecule has 1 aliphatic rings. The molecule has 1 unspecified atom stereocenters. The maximum absolute atomic E-state index is 13.2. The number of carbonyl (C=O) groups excluding carboxylic acids is 1. The Hall–Kier alpha value is -1.62. The summed E-state index contributed by atoms with van der Waals surface area (Å²) in [5, 5.41) is 12.3. The zero-order valence-corrected chi connectivity index (χ0v) is 10.3. The van der Waals surface area contributed by atoms with Gasteiger partial charge in [-0.15, -0.1) is 0 Å². The standard InChI is InChI=1S/C13H17FN2O2/c1-15-13(18)11-6-3-7-16(11)8-9-4-2-5-10(14)12(9)17/h2,4-5,11,17H,3,6-8H2,1H3,(H,15,18). The SMILES string of the molecule is CNC(=O)C1CCCN1Cc1cccc(F)c1O. The Labute approximate surface area is 105 Å². The van der Waals surface area contributed by atoms with Crippen molar-refractivity contribution in [2.45, 2.75) is 25.4 Å². The summed E-state index contributed by atoms with van der Waals surface area (Å²) in [7, 11) is 1.61. The van der Waals surface area contributed by atoms with Crippen molar-refractivity contribution in [2.75, 3.05) is 13.6 Å². The molecular weight excluding hydrogens is 235 g/mol. The van der Waals surface area contributed by atoms with E-state index in [-0.39, 0.29) is 17.7 Å². The van der Waals surface area contributed by atoms with Crippen molar-refractivity contribution in [3.05, 3.63) is 29.6 Å². The van der Waals surface area contributed by atoms with Gasteiger partial charge in [0.1, 0.15) is 0 Å². The Balaban J connectivity index is 2.13. The number of likely N-dealkylation sites (N-methyl/N-ethyl adjacent to an activating group) is 1. The first-order chi connectivity index (χ1) is 8.63. The summed E-state index contributed by atoms with van der Waals surface area (Å²) in [6.07, 6.45) is 1.74. The Bertz CT molecular complexity index is 451. The monoisotopic (exact) mass is 252 g/mol. The number of para-hydroxylation sites is 1. The van der Waals surface area contributed by atoms with Crippen LogP contribution >= 0.6 is 0 Å². The first-order valence-electron chi connectivity index (χ1n) is 6.05. The molecule has 4 nitrogen and oxygen atoms in total. The van der Waals surface area contributed by atoms with Crippen LogP contribution in [0.15, 0.2) is 18.2 Å². The summed E-state index contributed by atoms with van der Waals surface area (Å²) in [6.45, 7) is 1.18. The van der Waals surface area contributed by atoms with Gasteiger partial charge in [-0.25, -0.2) is 4.39 Å². The number of nitrogens with one attached hydrogen (secondary N) is 1. The molecule has 1 fully saturated rings. The number of phenols is 1. The molecule has 0 aromatic heterocycles. The maximum atomic E-state index is 13.2. The molecule has 2 N–H and O–H groups in total. The summed E-state index contributed by atoms with van der Waals surface area (Å²) in [4.78, 5) is 13.6. The number of hydrogen-bond acceptors (Lipinski definition) is 3. The molecule has 18 heavy (non-hydrogen) atoms. The molecule has 0 saturated carbocycles. The number of benzene rings is 1. The van der Waals surface area contributed by atoms with Gasteiger partial charge in [-0.05, 0) is 25.5 Å². The van der Waals surface area contributed by atoms with Crippen LogP contribution in [0.5, 0.6) is 5.75 Å². The van der Waals surface area contributed by atoms with Crippen molar-refractivity contribution < 1.29 is 14.3 Å². The normalized spacial score (nSPS) is 20.0. The van der Waals surface area contributed by atoms with Gasteiger partial charge >= 0.3 is 0 Å². The van der Waals surface area contributed by atoms with Crippen LogP contribution in [0.4, 0.5) is 4.39 Å². The van der Waals surface area contributed by atoms with Crippen LogP contribution in [-0.2, 0) is 11.3 Å². The van der Waals surface area contributed by atoms with Gasteiger partial charge in [0, 0.05) is 19.2 Å². The van der Waals surface area contributed by atoms with E-state index in [9.17, 15) is 14.3 Å². The van der Waals surface area contributed by atoms with Gasteiger partial charge < -0.3 is 10.4 Å². The molecule has 1 aromatic rings. The lowest BCUT2D eigenvalue weighted by atomic mass is 10.1. The van der Waals surface area contributed by atoms with Crippen molar-refractivity contribution >= 4 is 5.91 Å². The number of nitrogens with zero attached hydrogens (tertiary/aromatic N) is 1. The van der Waals surface area contributed by atoms with Crippen LogP contribution in [0, 0.1) is 5.82 Å². The minimum atomic E-state index is -0.622. The van der Waals surface area contributed by atoms with E-state index in [0.717, 1.165) is 19.4 Å². The van der Waals surface area contributed by atoms with E-state index in [0.29, 0.717) is 12.1 Å². The lowest BCUT2D eigenvalue weighted by Crippen LogP contribution is -2.41. The average Bonchev–Trinajstić information content (AvgIpc) is 2.82. The number of likely N-dealkylation sites (tertiary alicyclic amines) is 1. The molecule has 0 radical (unpaired) electrons. The number of aromatic hydroxyl groups is 1. The highest BCUT2D eigenvalue weighted by atomic mass is 19.1. The average molecular weight is 252 g/mol. The molecule has 1 aromatic carbocycles. The van der Waals surface area contributed by atoms with Gasteiger partial charge in [-0.1, -0.05) is 12.1 Å². The van der Waals surface area contributed by atoms with Crippen molar-refractivity contribution in [3.63, 3.8) is 0 Å². The van der Waals surface area contributed by atoms with Crippen molar-refractivity contribution in [3.8, 4) is 5.75 Å². The third kappa shape index (κ3) is 2.46. The second kappa shape index (κ2) is 5.35. The molecule has 0 spiro atoms. The summed E-state index contributed by atoms with van der Waals surface area (Å²) in [5.74, 6) is -0.966. The minimum absolute atomic E-state index is 0.0246. The zero-order chi connectivity index (χ0) is 13.1. The van der Waals surface area contributed by atoms with Gasteiger partial charge in [0.2, 0.25) is 5.91 Å². The van der Waals surface area contributed by atoms with E-state index in [1.54, 1.807) is 19.2 Å². The van der Waals surface area contributed by atoms with Crippen molar-refractivity contribution in [1.82, 2.24) is 10.2 Å². The van der Waals surface area contributed by atoms with E-state index in [1.165, 1.54) is 6.07 Å². The molecular formula is C13H17FN2O2. The fourth-order valence-corrected chi connectivity index (χ4v) is 2.39. The lowest BCUT2D eigenvalue weighted by molar-refractivity contribution is -0.125. The Morgan fingerprint density at radius 3 is 3.11 bits per heavy atom. The Kier molecular flexibility index (Phi) is 3.81. The Morgan fingerprint density at radius 1 is 1.61 bits per heavy atom. The Morgan fingerprint density at radius 2 is 2.39 bits per heavy atom. The van der Waals surface area contributed by atoms with E-state index >= 15 is 0 Å². The minimum Gasteiger partial charge on any atom is -0.505 e. The smallest absolute Gasteiger partial charge is 0.237 e. The second-order valence-corrected chi connectivity index (χ2v) is 4.49. The predicted octanol–water partition coefficient (Wildman–Crippen LogP) is 1.24. The number of amides is 1. The quantitative estimate of drug-likeness (QED) is 0.851. The summed E-state index contributed by atoms with van der Waals surface area (Å²) >= 11 is 0. The second-order valence-electron chi connectivity index (χ2n) is 4.49. The molecule has 1 saturated heterocycles. The number of carbonyl (C=O) groups is 1. The number of halogens is 1. The summed E-state index contributed by atoms with van der Waals surface area (Å²) < 4.78 is 13.2. The largest absolute Gasteiger partial charge is 0.505 e. The highest BCUT2D eigenvalue weighted by molar-refractivity contribution is 5.81. The molecule has 2 rings (SSSR count). The van der Waals surface area contributed by atoms with E-state index < -0.39 is 5.82 Å². The first kappa shape index (κ1) is 12.8. The van der Waals surface area contributed by atoms with Crippen molar-refractivity contribution in [1.29, 1.82) is 0 Å². The highest BCUT2D eigenvalue weighted by Crippen LogP contribution is 2.26. The van der Waals surface area contributed by atoms with Crippen LogP contribution < -0.4 is 5.32 Å². The molecule has 1 atom stereocenters. The molecule has 98 valence electrons. The zero-order valence-electron chi connectivity index (χ0n) is 10.3. The van der Waals surface area contributed by atoms with Gasteiger partial charge in [0.15, 0.2) is 11.6 Å². The number of rotatable bonds is 3. The van der Waals surface area contributed by atoms with Gasteiger partial charge in [0.05, 0.1) is 6.04 Å². The highest BCUT2D eigenvalue weighted by Gasteiger charge is 2.30. The van der Waals surface area contributed by atoms with Crippen LogP contribution in [0.3, 0.4) is 0 Å². The topological polar surface area (TPSA) is 52.6 Å². The van der Waals surface area contributed by atoms with Gasteiger partial charge in [-0.3, -0.25) is 9.69 Å². The fourth-order valence-electron chi connectivity index (χ4n) is 2.39. The third-order valence-electron chi connectivity index (χ3n) is 3.36. The summed E-state index contributed by atoms with van der Waals surface area (Å²) in [5.41, 5.74) is 0.519. The van der Waals surface area contributed by atoms with Crippen LogP contribution in [0.2, 0.25) is 0 Å². The molecule has 1 amide bonds. The first-order valence-corrected chi connectivity index (χ1v) is 6.05. The third-order valence-corrected chi connectivity index (χ3v) is 3.36. The molecule has 1 heterocycles.